The Morgan fingerprint density at radius 2 is 0.941 bits per heavy atom. The summed E-state index contributed by atoms with van der Waals surface area (Å²) in [5.74, 6) is 0.167. The van der Waals surface area contributed by atoms with Crippen molar-refractivity contribution in [2.45, 2.75) is 13.8 Å². The maximum absolute atomic E-state index is 9.44. The van der Waals surface area contributed by atoms with E-state index in [4.69, 9.17) is 0 Å². The lowest BCUT2D eigenvalue weighted by Gasteiger charge is -1.70. The fraction of sp³-hybridized carbons (Fsp3) is 0.143. The van der Waals surface area contributed by atoms with Crippen molar-refractivity contribution in [1.82, 2.24) is 4.98 Å². The van der Waals surface area contributed by atoms with Crippen molar-refractivity contribution >= 4 is 5.78 Å². The molecule has 0 unspecified atom stereocenters. The number of aromatic nitrogens is 1. The quantitative estimate of drug-likeness (QED) is 0.702. The van der Waals surface area contributed by atoms with Crippen LogP contribution in [0.4, 0.5) is 0 Å². The highest BCUT2D eigenvalue weighted by Gasteiger charge is 1.62. The Kier molecular flexibility index (Phi) is 14.3. The largest absolute Gasteiger partial charge is 0.412 e. The summed E-state index contributed by atoms with van der Waals surface area (Å²) in [5, 5.41) is 0. The SMILES string of the molecule is CC(C)=O.O.c1ccccc1.c1ccncc1. The lowest BCUT2D eigenvalue weighted by Crippen LogP contribution is -1.69. The average Bonchev–Trinajstić information content (AvgIpc) is 2.34. The van der Waals surface area contributed by atoms with Crippen LogP contribution in [-0.4, -0.2) is 16.2 Å². The standard InChI is InChI=1S/C6H6.C5H5N.C3H6O.H2O/c2*1-2-4-6-5-3-1;1-3(2)4;/h1-6H;1-5H;1-2H3;1H2. The molecule has 2 N–H and O–H groups in total. The number of pyridine rings is 1. The van der Waals surface area contributed by atoms with Crippen LogP contribution in [0.2, 0.25) is 0 Å². The van der Waals surface area contributed by atoms with Crippen molar-refractivity contribution in [3.8, 4) is 0 Å². The van der Waals surface area contributed by atoms with E-state index < -0.39 is 0 Å². The molecule has 17 heavy (non-hydrogen) atoms. The molecule has 0 aliphatic carbocycles. The van der Waals surface area contributed by atoms with Crippen LogP contribution >= 0.6 is 0 Å². The number of hydrogen-bond acceptors (Lipinski definition) is 2. The molecular formula is C14H19NO2. The molecule has 2 rings (SSSR count). The summed E-state index contributed by atoms with van der Waals surface area (Å²) < 4.78 is 0. The van der Waals surface area contributed by atoms with Crippen molar-refractivity contribution in [2.75, 3.05) is 0 Å². The summed E-state index contributed by atoms with van der Waals surface area (Å²) in [4.78, 5) is 13.2. The van der Waals surface area contributed by atoms with Crippen LogP contribution in [0.1, 0.15) is 13.8 Å². The number of nitrogens with zero attached hydrogens (tertiary/aromatic N) is 1. The van der Waals surface area contributed by atoms with E-state index in [9.17, 15) is 4.79 Å². The van der Waals surface area contributed by atoms with E-state index >= 15 is 0 Å². The molecule has 3 heteroatoms. The van der Waals surface area contributed by atoms with Crippen LogP contribution in [-0.2, 0) is 4.79 Å². The minimum absolute atomic E-state index is 0. The molecule has 0 saturated heterocycles. The van der Waals surface area contributed by atoms with Gasteiger partial charge in [0.2, 0.25) is 0 Å². The smallest absolute Gasteiger partial charge is 0.126 e. The number of carbonyl (C=O) groups excluding carboxylic acids is 1. The Hall–Kier alpha value is -2.00. The summed E-state index contributed by atoms with van der Waals surface area (Å²) in [6, 6.07) is 17.7. The molecule has 0 aliphatic rings. The molecule has 2 aromatic rings. The van der Waals surface area contributed by atoms with Gasteiger partial charge in [0.1, 0.15) is 5.78 Å². The van der Waals surface area contributed by atoms with Gasteiger partial charge in [0, 0.05) is 12.4 Å². The van der Waals surface area contributed by atoms with Crippen LogP contribution in [0.5, 0.6) is 0 Å². The van der Waals surface area contributed by atoms with Gasteiger partial charge in [0.05, 0.1) is 0 Å². The van der Waals surface area contributed by atoms with E-state index in [1.807, 2.05) is 54.6 Å². The molecule has 3 nitrogen and oxygen atoms in total. The van der Waals surface area contributed by atoms with Crippen molar-refractivity contribution < 1.29 is 10.3 Å². The average molecular weight is 233 g/mol. The first kappa shape index (κ1) is 17.4. The topological polar surface area (TPSA) is 61.5 Å². The minimum Gasteiger partial charge on any atom is -0.412 e. The van der Waals surface area contributed by atoms with E-state index in [-0.39, 0.29) is 11.3 Å². The van der Waals surface area contributed by atoms with Gasteiger partial charge < -0.3 is 10.3 Å². The van der Waals surface area contributed by atoms with Crippen molar-refractivity contribution in [2.24, 2.45) is 0 Å². The summed E-state index contributed by atoms with van der Waals surface area (Å²) in [7, 11) is 0. The zero-order chi connectivity index (χ0) is 12.1. The summed E-state index contributed by atoms with van der Waals surface area (Å²) in [6.45, 7) is 3.06. The zero-order valence-corrected chi connectivity index (χ0v) is 10.2. The third-order valence-corrected chi connectivity index (χ3v) is 1.23. The second-order valence-electron chi connectivity index (χ2n) is 3.09. The number of rotatable bonds is 0. The molecule has 1 aromatic heterocycles. The van der Waals surface area contributed by atoms with E-state index in [1.54, 1.807) is 12.4 Å². The Morgan fingerprint density at radius 1 is 0.706 bits per heavy atom. The maximum atomic E-state index is 9.44. The lowest BCUT2D eigenvalue weighted by atomic mass is 10.4. The number of Topliss-reactive ketones (excluding diaryl/α,β-unsaturated/α-hetero) is 1. The highest BCUT2D eigenvalue weighted by atomic mass is 16.1. The van der Waals surface area contributed by atoms with Crippen LogP contribution in [0.3, 0.4) is 0 Å². The fourth-order valence-corrected chi connectivity index (χ4v) is 0.698. The Bertz CT molecular complexity index is 260. The third-order valence-electron chi connectivity index (χ3n) is 1.23. The normalized spacial score (nSPS) is 7.18. The summed E-state index contributed by atoms with van der Waals surface area (Å²) >= 11 is 0. The van der Waals surface area contributed by atoms with E-state index in [2.05, 4.69) is 4.98 Å². The van der Waals surface area contributed by atoms with E-state index in [0.717, 1.165) is 0 Å². The van der Waals surface area contributed by atoms with Crippen LogP contribution in [0, 0.1) is 0 Å². The third kappa shape index (κ3) is 20.2. The van der Waals surface area contributed by atoms with Gasteiger partial charge in [-0.25, -0.2) is 0 Å². The Morgan fingerprint density at radius 3 is 1.06 bits per heavy atom. The predicted octanol–water partition coefficient (Wildman–Crippen LogP) is 2.54. The molecule has 1 heterocycles. The van der Waals surface area contributed by atoms with E-state index in [0.29, 0.717) is 0 Å². The predicted molar refractivity (Wildman–Crippen MR) is 70.6 cm³/mol. The Labute approximate surface area is 102 Å². The fourth-order valence-electron chi connectivity index (χ4n) is 0.698. The minimum atomic E-state index is 0. The van der Waals surface area contributed by atoms with E-state index in [1.165, 1.54) is 13.8 Å². The molecule has 0 atom stereocenters. The highest BCUT2D eigenvalue weighted by Crippen LogP contribution is 1.79. The second kappa shape index (κ2) is 14.0. The van der Waals surface area contributed by atoms with Crippen LogP contribution in [0.25, 0.3) is 0 Å². The van der Waals surface area contributed by atoms with Crippen molar-refractivity contribution in [3.63, 3.8) is 0 Å². The first-order chi connectivity index (χ1) is 7.73. The lowest BCUT2D eigenvalue weighted by molar-refractivity contribution is -0.114. The van der Waals surface area contributed by atoms with Crippen molar-refractivity contribution in [3.05, 3.63) is 67.0 Å². The number of benzene rings is 1. The molecule has 0 fully saturated rings. The molecule has 1 aromatic carbocycles. The molecular weight excluding hydrogens is 214 g/mol. The number of ketones is 1. The number of hydrogen-bond donors (Lipinski definition) is 0. The Balaban J connectivity index is 0. The molecule has 0 spiro atoms. The summed E-state index contributed by atoms with van der Waals surface area (Å²) in [5.41, 5.74) is 0. The van der Waals surface area contributed by atoms with Crippen LogP contribution in [0.15, 0.2) is 67.0 Å². The van der Waals surface area contributed by atoms with Gasteiger partial charge >= 0.3 is 0 Å². The van der Waals surface area contributed by atoms with Crippen molar-refractivity contribution in [1.29, 1.82) is 0 Å². The molecule has 0 amide bonds. The van der Waals surface area contributed by atoms with Gasteiger partial charge in [-0.2, -0.15) is 0 Å². The van der Waals surface area contributed by atoms with Gasteiger partial charge in [0.25, 0.3) is 0 Å². The molecule has 0 bridgehead atoms. The molecule has 92 valence electrons. The molecule has 0 saturated carbocycles. The van der Waals surface area contributed by atoms with Gasteiger partial charge in [-0.05, 0) is 26.0 Å². The van der Waals surface area contributed by atoms with Gasteiger partial charge in [-0.3, -0.25) is 4.98 Å². The second-order valence-corrected chi connectivity index (χ2v) is 3.09. The van der Waals surface area contributed by atoms with Gasteiger partial charge in [-0.15, -0.1) is 0 Å². The molecule has 0 aliphatic heterocycles. The number of carbonyl (C=O) groups is 1. The highest BCUT2D eigenvalue weighted by molar-refractivity contribution is 5.72. The maximum Gasteiger partial charge on any atom is 0.126 e. The van der Waals surface area contributed by atoms with Crippen LogP contribution < -0.4 is 0 Å². The first-order valence-corrected chi connectivity index (χ1v) is 5.05. The molecule has 0 radical (unpaired) electrons. The first-order valence-electron chi connectivity index (χ1n) is 5.05. The zero-order valence-electron chi connectivity index (χ0n) is 10.2. The monoisotopic (exact) mass is 233 g/mol. The van der Waals surface area contributed by atoms with Gasteiger partial charge in [0.15, 0.2) is 0 Å². The van der Waals surface area contributed by atoms with Gasteiger partial charge in [-0.1, -0.05) is 42.5 Å². The summed E-state index contributed by atoms with van der Waals surface area (Å²) in [6.07, 6.45) is 3.50.